The zero-order valence-corrected chi connectivity index (χ0v) is 20.1. The minimum atomic E-state index is -0.981. The van der Waals surface area contributed by atoms with Gasteiger partial charge in [-0.15, -0.1) is 0 Å². The van der Waals surface area contributed by atoms with Gasteiger partial charge in [-0.2, -0.15) is 0 Å². The van der Waals surface area contributed by atoms with Crippen LogP contribution in [-0.4, -0.2) is 27.7 Å². The Bertz CT molecular complexity index is 832. The second kappa shape index (κ2) is 11.0. The van der Waals surface area contributed by atoms with Crippen molar-refractivity contribution in [2.24, 2.45) is 5.92 Å². The number of phenols is 1. The van der Waals surface area contributed by atoms with Gasteiger partial charge in [0.1, 0.15) is 23.2 Å². The first-order chi connectivity index (χ1) is 14.5. The number of ketones is 1. The van der Waals surface area contributed by atoms with Gasteiger partial charge < -0.3 is 14.9 Å². The van der Waals surface area contributed by atoms with E-state index in [-0.39, 0.29) is 17.3 Å². The molecular formula is C27H40O4. The molecule has 0 aliphatic carbocycles. The molecule has 0 saturated carbocycles. The van der Waals surface area contributed by atoms with E-state index in [1.165, 1.54) is 5.57 Å². The summed E-state index contributed by atoms with van der Waals surface area (Å²) in [5.41, 5.74) is 4.20. The minimum absolute atomic E-state index is 0.0888. The smallest absolute Gasteiger partial charge is 0.167 e. The highest BCUT2D eigenvalue weighted by Crippen LogP contribution is 2.39. The standard InChI is InChI=1S/C27H40O4/c1-18(2)15-24(29)25(30)20(4)11-7-9-19(3)10-8-13-27(6)14-12-22-17-23(28)16-21(5)26(22)31-27/h10,15-17,20,24,28-29H,7-9,11-14H2,1-6H3/b19-10+/t20?,24-,27+/m0/s1. The van der Waals surface area contributed by atoms with Crippen LogP contribution < -0.4 is 4.74 Å². The second-order valence-electron chi connectivity index (χ2n) is 9.78. The quantitative estimate of drug-likeness (QED) is 0.435. The Morgan fingerprint density at radius 3 is 2.68 bits per heavy atom. The van der Waals surface area contributed by atoms with Gasteiger partial charge in [0.15, 0.2) is 5.78 Å². The topological polar surface area (TPSA) is 66.8 Å². The summed E-state index contributed by atoms with van der Waals surface area (Å²) >= 11 is 0. The summed E-state index contributed by atoms with van der Waals surface area (Å²) in [6.45, 7) is 12.0. The molecule has 0 fully saturated rings. The minimum Gasteiger partial charge on any atom is -0.508 e. The molecule has 2 rings (SSSR count). The van der Waals surface area contributed by atoms with Gasteiger partial charge in [0, 0.05) is 5.92 Å². The van der Waals surface area contributed by atoms with E-state index in [1.807, 2.05) is 33.8 Å². The van der Waals surface area contributed by atoms with Crippen molar-refractivity contribution in [2.45, 2.75) is 98.2 Å². The molecule has 172 valence electrons. The molecule has 0 amide bonds. The molecule has 1 heterocycles. The molecule has 1 unspecified atom stereocenters. The summed E-state index contributed by atoms with van der Waals surface area (Å²) in [5.74, 6) is 1.02. The van der Waals surface area contributed by atoms with Gasteiger partial charge >= 0.3 is 0 Å². The maximum atomic E-state index is 12.2. The first kappa shape index (κ1) is 25.2. The lowest BCUT2D eigenvalue weighted by Crippen LogP contribution is -2.36. The van der Waals surface area contributed by atoms with E-state index in [1.54, 1.807) is 12.1 Å². The number of benzene rings is 1. The summed E-state index contributed by atoms with van der Waals surface area (Å²) in [6, 6.07) is 3.58. The van der Waals surface area contributed by atoms with Crippen molar-refractivity contribution in [2.75, 3.05) is 0 Å². The molecule has 1 aromatic rings. The Hall–Kier alpha value is -2.07. The van der Waals surface area contributed by atoms with Gasteiger partial charge in [-0.25, -0.2) is 0 Å². The summed E-state index contributed by atoms with van der Waals surface area (Å²) in [4.78, 5) is 12.2. The number of rotatable bonds is 10. The maximum Gasteiger partial charge on any atom is 0.167 e. The fraction of sp³-hybridized carbons (Fsp3) is 0.593. The number of aliphatic hydroxyl groups excluding tert-OH is 1. The monoisotopic (exact) mass is 428 g/mol. The van der Waals surface area contributed by atoms with E-state index in [9.17, 15) is 15.0 Å². The van der Waals surface area contributed by atoms with Crippen LogP contribution in [0.25, 0.3) is 0 Å². The molecule has 1 aliphatic rings. The SMILES string of the molecule is CC(C)=C[C@H](O)C(=O)C(C)CCC/C(C)=C/CC[C@]1(C)CCc2cc(O)cc(C)c2O1. The van der Waals surface area contributed by atoms with Crippen LogP contribution in [0.15, 0.2) is 35.4 Å². The van der Waals surface area contributed by atoms with E-state index in [2.05, 4.69) is 19.9 Å². The van der Waals surface area contributed by atoms with Crippen molar-refractivity contribution in [3.63, 3.8) is 0 Å². The number of aryl methyl sites for hydroxylation is 2. The van der Waals surface area contributed by atoms with E-state index in [0.29, 0.717) is 5.75 Å². The second-order valence-corrected chi connectivity index (χ2v) is 9.78. The zero-order chi connectivity index (χ0) is 23.2. The van der Waals surface area contributed by atoms with Crippen LogP contribution in [0.1, 0.15) is 84.3 Å². The number of phenolic OH excluding ortho intramolecular Hbond substituents is 1. The largest absolute Gasteiger partial charge is 0.508 e. The molecule has 3 atom stereocenters. The van der Waals surface area contributed by atoms with Crippen molar-refractivity contribution in [3.05, 3.63) is 46.6 Å². The molecule has 1 aromatic carbocycles. The van der Waals surface area contributed by atoms with E-state index in [4.69, 9.17) is 4.74 Å². The van der Waals surface area contributed by atoms with Crippen LogP contribution in [0.3, 0.4) is 0 Å². The fourth-order valence-electron chi connectivity index (χ4n) is 4.28. The average molecular weight is 429 g/mol. The van der Waals surface area contributed by atoms with E-state index < -0.39 is 6.10 Å². The third kappa shape index (κ3) is 7.53. The summed E-state index contributed by atoms with van der Waals surface area (Å²) in [6.07, 6.45) is 9.43. The van der Waals surface area contributed by atoms with E-state index >= 15 is 0 Å². The van der Waals surface area contributed by atoms with Gasteiger partial charge in [-0.05, 0) is 103 Å². The number of aromatic hydroxyl groups is 1. The predicted octanol–water partition coefficient (Wildman–Crippen LogP) is 6.21. The average Bonchev–Trinajstić information content (AvgIpc) is 2.67. The van der Waals surface area contributed by atoms with Gasteiger partial charge in [0.05, 0.1) is 0 Å². The molecule has 31 heavy (non-hydrogen) atoms. The van der Waals surface area contributed by atoms with Crippen molar-refractivity contribution < 1.29 is 19.7 Å². The first-order valence-electron chi connectivity index (χ1n) is 11.5. The third-order valence-corrected chi connectivity index (χ3v) is 6.25. The Kier molecular flexibility index (Phi) is 8.93. The molecule has 0 radical (unpaired) electrons. The molecule has 2 N–H and O–H groups in total. The van der Waals surface area contributed by atoms with Crippen molar-refractivity contribution in [1.29, 1.82) is 0 Å². The first-order valence-corrected chi connectivity index (χ1v) is 11.5. The number of hydrogen-bond donors (Lipinski definition) is 2. The highest BCUT2D eigenvalue weighted by molar-refractivity contribution is 5.86. The third-order valence-electron chi connectivity index (χ3n) is 6.25. The maximum absolute atomic E-state index is 12.2. The normalized spacial score (nSPS) is 20.4. The Morgan fingerprint density at radius 2 is 2.00 bits per heavy atom. The number of Topliss-reactive ketones (excluding diaryl/α,β-unsaturated/α-hetero) is 1. The molecule has 1 aliphatic heterocycles. The van der Waals surface area contributed by atoms with Gasteiger partial charge in [0.2, 0.25) is 0 Å². The van der Waals surface area contributed by atoms with Crippen LogP contribution in [-0.2, 0) is 11.2 Å². The molecule has 4 heteroatoms. The number of fused-ring (bicyclic) bond motifs is 1. The lowest BCUT2D eigenvalue weighted by atomic mass is 9.87. The molecular weight excluding hydrogens is 388 g/mol. The summed E-state index contributed by atoms with van der Waals surface area (Å²) in [7, 11) is 0. The van der Waals surface area contributed by atoms with Crippen molar-refractivity contribution in [3.8, 4) is 11.5 Å². The Labute approximate surface area is 188 Å². The van der Waals surface area contributed by atoms with Crippen LogP contribution in [0, 0.1) is 12.8 Å². The number of ether oxygens (including phenoxy) is 1. The summed E-state index contributed by atoms with van der Waals surface area (Å²) in [5, 5.41) is 19.8. The number of hydrogen-bond acceptors (Lipinski definition) is 4. The van der Waals surface area contributed by atoms with Gasteiger partial charge in [-0.3, -0.25) is 4.79 Å². The van der Waals surface area contributed by atoms with Crippen LogP contribution >= 0.6 is 0 Å². The Morgan fingerprint density at radius 1 is 1.29 bits per heavy atom. The van der Waals surface area contributed by atoms with Crippen molar-refractivity contribution >= 4 is 5.78 Å². The molecule has 0 bridgehead atoms. The highest BCUT2D eigenvalue weighted by atomic mass is 16.5. The van der Waals surface area contributed by atoms with Crippen molar-refractivity contribution in [1.82, 2.24) is 0 Å². The highest BCUT2D eigenvalue weighted by Gasteiger charge is 2.32. The van der Waals surface area contributed by atoms with Crippen LogP contribution in [0.5, 0.6) is 11.5 Å². The molecule has 4 nitrogen and oxygen atoms in total. The molecule has 0 spiro atoms. The number of carbonyl (C=O) groups is 1. The number of allylic oxidation sites excluding steroid dienone is 3. The lowest BCUT2D eigenvalue weighted by Gasteiger charge is -2.36. The predicted molar refractivity (Wildman–Crippen MR) is 127 cm³/mol. The Balaban J connectivity index is 1.79. The van der Waals surface area contributed by atoms with Crippen LogP contribution in [0.4, 0.5) is 0 Å². The number of aliphatic hydroxyl groups is 1. The number of carbonyl (C=O) groups excluding carboxylic acids is 1. The fourth-order valence-corrected chi connectivity index (χ4v) is 4.28. The zero-order valence-electron chi connectivity index (χ0n) is 20.1. The van der Waals surface area contributed by atoms with Gasteiger partial charge in [0.25, 0.3) is 0 Å². The molecule has 0 aromatic heterocycles. The van der Waals surface area contributed by atoms with Crippen LogP contribution in [0.2, 0.25) is 0 Å². The van der Waals surface area contributed by atoms with E-state index in [0.717, 1.165) is 67.4 Å². The molecule has 0 saturated heterocycles. The lowest BCUT2D eigenvalue weighted by molar-refractivity contribution is -0.128. The van der Waals surface area contributed by atoms with Gasteiger partial charge in [-0.1, -0.05) is 30.2 Å². The summed E-state index contributed by atoms with van der Waals surface area (Å²) < 4.78 is 6.37.